The largest absolute Gasteiger partial charge is 0.418 e. The van der Waals surface area contributed by atoms with E-state index < -0.39 is 0 Å². The van der Waals surface area contributed by atoms with Crippen LogP contribution in [0.1, 0.15) is 31.7 Å². The lowest BCUT2D eigenvalue weighted by Gasteiger charge is -2.18. The average molecular weight is 252 g/mol. The third kappa shape index (κ3) is 3.34. The molecule has 0 aliphatic carbocycles. The summed E-state index contributed by atoms with van der Waals surface area (Å²) < 4.78 is 5.56. The Labute approximate surface area is 104 Å². The molecule has 0 aliphatic rings. The molecule has 0 spiro atoms. The Kier molecular flexibility index (Phi) is 3.26. The molecule has 0 aromatic carbocycles. The molecule has 0 saturated carbocycles. The van der Waals surface area contributed by atoms with Gasteiger partial charge in [0.1, 0.15) is 4.88 Å². The van der Waals surface area contributed by atoms with Gasteiger partial charge in [0.2, 0.25) is 5.89 Å². The molecule has 6 heteroatoms. The van der Waals surface area contributed by atoms with E-state index in [2.05, 4.69) is 41.3 Å². The molecule has 5 nitrogen and oxygen atoms in total. The zero-order valence-electron chi connectivity index (χ0n) is 10.4. The second kappa shape index (κ2) is 4.54. The Morgan fingerprint density at radius 1 is 1.35 bits per heavy atom. The number of nitrogens with one attached hydrogen (secondary N) is 1. The number of hydrogen-bond donors (Lipinski definition) is 1. The number of aromatic nitrogens is 3. The van der Waals surface area contributed by atoms with Crippen molar-refractivity contribution >= 4 is 11.3 Å². The highest BCUT2D eigenvalue weighted by Crippen LogP contribution is 2.24. The lowest BCUT2D eigenvalue weighted by molar-refractivity contribution is 0.384. The lowest BCUT2D eigenvalue weighted by atomic mass is 10.1. The highest BCUT2D eigenvalue weighted by Gasteiger charge is 2.14. The quantitative estimate of drug-likeness (QED) is 0.908. The van der Waals surface area contributed by atoms with Gasteiger partial charge < -0.3 is 9.73 Å². The topological polar surface area (TPSA) is 63.8 Å². The van der Waals surface area contributed by atoms with Gasteiger partial charge in [-0.25, -0.2) is 4.98 Å². The summed E-state index contributed by atoms with van der Waals surface area (Å²) in [4.78, 5) is 5.08. The van der Waals surface area contributed by atoms with Gasteiger partial charge >= 0.3 is 0 Å². The van der Waals surface area contributed by atoms with Crippen LogP contribution in [0.5, 0.6) is 0 Å². The van der Waals surface area contributed by atoms with Crippen molar-refractivity contribution in [2.45, 2.75) is 39.8 Å². The maximum Gasteiger partial charge on any atom is 0.259 e. The van der Waals surface area contributed by atoms with E-state index in [4.69, 9.17) is 4.42 Å². The van der Waals surface area contributed by atoms with Crippen molar-refractivity contribution in [1.82, 2.24) is 20.5 Å². The summed E-state index contributed by atoms with van der Waals surface area (Å²) in [5.74, 6) is 1.14. The predicted molar refractivity (Wildman–Crippen MR) is 66.7 cm³/mol. The Hall–Kier alpha value is -1.27. The summed E-state index contributed by atoms with van der Waals surface area (Å²) in [5, 5.41) is 12.3. The predicted octanol–water partition coefficient (Wildman–Crippen LogP) is 2.39. The van der Waals surface area contributed by atoms with E-state index in [0.717, 1.165) is 9.88 Å². The van der Waals surface area contributed by atoms with E-state index in [0.29, 0.717) is 18.3 Å². The molecule has 2 heterocycles. The van der Waals surface area contributed by atoms with Gasteiger partial charge in [-0.3, -0.25) is 0 Å². The first-order valence-electron chi connectivity index (χ1n) is 5.44. The fourth-order valence-electron chi connectivity index (χ4n) is 1.23. The molecule has 17 heavy (non-hydrogen) atoms. The molecule has 2 rings (SSSR count). The van der Waals surface area contributed by atoms with Gasteiger partial charge in [0.15, 0.2) is 0 Å². The molecular formula is C11H16N4OS. The highest BCUT2D eigenvalue weighted by molar-refractivity contribution is 7.14. The van der Waals surface area contributed by atoms with E-state index in [1.54, 1.807) is 17.5 Å². The molecule has 1 N–H and O–H groups in total. The first-order chi connectivity index (χ1) is 7.94. The Balaban J connectivity index is 2.06. The minimum atomic E-state index is 0.0374. The minimum absolute atomic E-state index is 0.0374. The summed E-state index contributed by atoms with van der Waals surface area (Å²) >= 11 is 1.55. The van der Waals surface area contributed by atoms with Gasteiger partial charge in [-0.1, -0.05) is 0 Å². The third-order valence-electron chi connectivity index (χ3n) is 2.07. The fraction of sp³-hybridized carbons (Fsp3) is 0.545. The van der Waals surface area contributed by atoms with E-state index in [1.807, 2.05) is 6.92 Å². The summed E-state index contributed by atoms with van der Waals surface area (Å²) in [6.07, 6.45) is 1.76. The van der Waals surface area contributed by atoms with Crippen molar-refractivity contribution in [2.24, 2.45) is 0 Å². The molecule has 0 aliphatic heterocycles. The van der Waals surface area contributed by atoms with Gasteiger partial charge in [-0.05, 0) is 27.7 Å². The van der Waals surface area contributed by atoms with Crippen LogP contribution in [0.15, 0.2) is 10.6 Å². The molecule has 0 atom stereocenters. The molecule has 0 saturated heterocycles. The van der Waals surface area contributed by atoms with Crippen LogP contribution >= 0.6 is 11.3 Å². The minimum Gasteiger partial charge on any atom is -0.418 e. The molecular weight excluding hydrogens is 236 g/mol. The number of aryl methyl sites for hydroxylation is 1. The number of thiazole rings is 1. The number of nitrogens with zero attached hydrogens (tertiary/aromatic N) is 3. The first-order valence-corrected chi connectivity index (χ1v) is 6.26. The second-order valence-electron chi connectivity index (χ2n) is 4.85. The van der Waals surface area contributed by atoms with Crippen molar-refractivity contribution in [2.75, 3.05) is 0 Å². The normalized spacial score (nSPS) is 12.0. The zero-order valence-corrected chi connectivity index (χ0v) is 11.3. The molecule has 0 unspecified atom stereocenters. The van der Waals surface area contributed by atoms with Gasteiger partial charge in [-0.2, -0.15) is 0 Å². The summed E-state index contributed by atoms with van der Waals surface area (Å²) in [7, 11) is 0. The van der Waals surface area contributed by atoms with Gasteiger partial charge in [-0.15, -0.1) is 21.5 Å². The number of rotatable bonds is 3. The van der Waals surface area contributed by atoms with E-state index in [-0.39, 0.29) is 5.54 Å². The van der Waals surface area contributed by atoms with Crippen molar-refractivity contribution in [3.05, 3.63) is 17.1 Å². The molecule has 0 bridgehead atoms. The zero-order chi connectivity index (χ0) is 12.5. The Bertz CT molecular complexity index is 498. The van der Waals surface area contributed by atoms with Gasteiger partial charge in [0.05, 0.1) is 17.7 Å². The lowest BCUT2D eigenvalue weighted by Crippen LogP contribution is -2.35. The SMILES string of the molecule is Cc1ncc(-c2nnc(CNC(C)(C)C)o2)s1. The van der Waals surface area contributed by atoms with Crippen LogP contribution in [-0.2, 0) is 6.54 Å². The van der Waals surface area contributed by atoms with Crippen molar-refractivity contribution in [1.29, 1.82) is 0 Å². The second-order valence-corrected chi connectivity index (χ2v) is 6.08. The Morgan fingerprint density at radius 2 is 2.12 bits per heavy atom. The Morgan fingerprint density at radius 3 is 2.71 bits per heavy atom. The molecule has 0 amide bonds. The van der Waals surface area contributed by atoms with Crippen LogP contribution in [-0.4, -0.2) is 20.7 Å². The monoisotopic (exact) mass is 252 g/mol. The van der Waals surface area contributed by atoms with Crippen molar-refractivity contribution in [3.63, 3.8) is 0 Å². The van der Waals surface area contributed by atoms with Crippen LogP contribution in [0.3, 0.4) is 0 Å². The van der Waals surface area contributed by atoms with Crippen molar-refractivity contribution in [3.8, 4) is 10.8 Å². The molecule has 2 aromatic heterocycles. The van der Waals surface area contributed by atoms with Crippen LogP contribution in [0, 0.1) is 6.92 Å². The first kappa shape index (κ1) is 12.2. The van der Waals surface area contributed by atoms with Crippen LogP contribution in [0.25, 0.3) is 10.8 Å². The highest BCUT2D eigenvalue weighted by atomic mass is 32.1. The van der Waals surface area contributed by atoms with Gasteiger partial charge in [0, 0.05) is 5.54 Å². The fourth-order valence-corrected chi connectivity index (χ4v) is 1.92. The summed E-state index contributed by atoms with van der Waals surface area (Å²) in [6, 6.07) is 0. The van der Waals surface area contributed by atoms with Crippen LogP contribution in [0.2, 0.25) is 0 Å². The summed E-state index contributed by atoms with van der Waals surface area (Å²) in [6.45, 7) is 8.81. The van der Waals surface area contributed by atoms with Crippen molar-refractivity contribution < 1.29 is 4.42 Å². The molecule has 92 valence electrons. The molecule has 0 fully saturated rings. The third-order valence-corrected chi connectivity index (χ3v) is 2.97. The van der Waals surface area contributed by atoms with E-state index >= 15 is 0 Å². The van der Waals surface area contributed by atoms with Crippen LogP contribution < -0.4 is 5.32 Å². The summed E-state index contributed by atoms with van der Waals surface area (Å²) in [5.41, 5.74) is 0.0374. The average Bonchev–Trinajstić information content (AvgIpc) is 2.81. The van der Waals surface area contributed by atoms with Gasteiger partial charge in [0.25, 0.3) is 5.89 Å². The maximum absolute atomic E-state index is 5.56. The standard InChI is InChI=1S/C11H16N4OS/c1-7-12-5-8(17-7)10-15-14-9(16-10)6-13-11(2,3)4/h5,13H,6H2,1-4H3. The van der Waals surface area contributed by atoms with E-state index in [1.165, 1.54) is 0 Å². The van der Waals surface area contributed by atoms with Crippen LogP contribution in [0.4, 0.5) is 0 Å². The maximum atomic E-state index is 5.56. The molecule has 2 aromatic rings. The molecule has 0 radical (unpaired) electrons. The number of hydrogen-bond acceptors (Lipinski definition) is 6. The van der Waals surface area contributed by atoms with E-state index in [9.17, 15) is 0 Å². The smallest absolute Gasteiger partial charge is 0.259 e.